The fourth-order valence-electron chi connectivity index (χ4n) is 3.38. The zero-order chi connectivity index (χ0) is 11.5. The predicted octanol–water partition coefficient (Wildman–Crippen LogP) is 3.11. The molecule has 0 aromatic heterocycles. The van der Waals surface area contributed by atoms with Crippen LogP contribution >= 0.6 is 0 Å². The Hall–Kier alpha value is -0.820. The standard InChI is InChI=1S/C16H23N/c1-4-15-7-6-14(12-16(15)5-1)11-13-3-2-9-17-10-8-13/h6-7,12-13,17H,1-5,8-11H2. The van der Waals surface area contributed by atoms with E-state index in [-0.39, 0.29) is 0 Å². The van der Waals surface area contributed by atoms with Gasteiger partial charge in [0.05, 0.1) is 0 Å². The van der Waals surface area contributed by atoms with Crippen molar-refractivity contribution in [3.63, 3.8) is 0 Å². The van der Waals surface area contributed by atoms with Crippen molar-refractivity contribution in [1.29, 1.82) is 0 Å². The second kappa shape index (κ2) is 5.22. The van der Waals surface area contributed by atoms with Gasteiger partial charge in [0.2, 0.25) is 0 Å². The summed E-state index contributed by atoms with van der Waals surface area (Å²) >= 11 is 0. The number of hydrogen-bond donors (Lipinski definition) is 1. The Bertz CT molecular complexity index is 375. The van der Waals surface area contributed by atoms with E-state index in [9.17, 15) is 0 Å². The van der Waals surface area contributed by atoms with E-state index >= 15 is 0 Å². The van der Waals surface area contributed by atoms with E-state index in [4.69, 9.17) is 0 Å². The van der Waals surface area contributed by atoms with Gasteiger partial charge in [0.15, 0.2) is 0 Å². The van der Waals surface area contributed by atoms with Crippen molar-refractivity contribution in [2.75, 3.05) is 13.1 Å². The first kappa shape index (κ1) is 11.3. The Kier molecular flexibility index (Phi) is 3.46. The van der Waals surface area contributed by atoms with Crippen LogP contribution < -0.4 is 5.32 Å². The molecule has 92 valence electrons. The lowest BCUT2D eigenvalue weighted by atomic mass is 9.91. The van der Waals surface area contributed by atoms with Crippen molar-refractivity contribution in [2.24, 2.45) is 5.92 Å². The molecule has 1 aliphatic heterocycles. The van der Waals surface area contributed by atoms with Crippen LogP contribution in [-0.2, 0) is 19.3 Å². The number of aryl methyl sites for hydroxylation is 2. The van der Waals surface area contributed by atoms with E-state index in [0.29, 0.717) is 0 Å². The third kappa shape index (κ3) is 2.71. The van der Waals surface area contributed by atoms with Gasteiger partial charge in [0.25, 0.3) is 0 Å². The highest BCUT2D eigenvalue weighted by Crippen LogP contribution is 2.25. The summed E-state index contributed by atoms with van der Waals surface area (Å²) in [4.78, 5) is 0. The minimum Gasteiger partial charge on any atom is -0.317 e. The van der Waals surface area contributed by atoms with Gasteiger partial charge in [-0.05, 0) is 80.6 Å². The molecule has 1 aromatic carbocycles. The molecule has 0 saturated carbocycles. The summed E-state index contributed by atoms with van der Waals surface area (Å²) < 4.78 is 0. The zero-order valence-electron chi connectivity index (χ0n) is 10.7. The average Bonchev–Trinajstić information content (AvgIpc) is 2.65. The molecule has 1 nitrogen and oxygen atoms in total. The first-order chi connectivity index (χ1) is 8.42. The summed E-state index contributed by atoms with van der Waals surface area (Å²) in [5.41, 5.74) is 4.82. The molecule has 17 heavy (non-hydrogen) atoms. The average molecular weight is 229 g/mol. The van der Waals surface area contributed by atoms with Gasteiger partial charge >= 0.3 is 0 Å². The lowest BCUT2D eigenvalue weighted by Crippen LogP contribution is -2.14. The quantitative estimate of drug-likeness (QED) is 0.821. The van der Waals surface area contributed by atoms with Gasteiger partial charge in [-0.2, -0.15) is 0 Å². The Morgan fingerprint density at radius 1 is 1.00 bits per heavy atom. The predicted molar refractivity (Wildman–Crippen MR) is 72.4 cm³/mol. The molecule has 3 rings (SSSR count). The van der Waals surface area contributed by atoms with Crippen molar-refractivity contribution in [3.05, 3.63) is 34.9 Å². The second-order valence-corrected chi connectivity index (χ2v) is 5.71. The summed E-state index contributed by atoms with van der Waals surface area (Å²) in [6, 6.07) is 7.25. The van der Waals surface area contributed by atoms with Gasteiger partial charge in [0.1, 0.15) is 0 Å². The summed E-state index contributed by atoms with van der Waals surface area (Å²) in [5.74, 6) is 0.907. The highest BCUT2D eigenvalue weighted by Gasteiger charge is 2.15. The first-order valence-corrected chi connectivity index (χ1v) is 7.23. The van der Waals surface area contributed by atoms with Crippen molar-refractivity contribution in [2.45, 2.75) is 44.9 Å². The summed E-state index contributed by atoms with van der Waals surface area (Å²) in [5, 5.41) is 3.50. The molecule has 1 fully saturated rings. The molecular formula is C16H23N. The normalized spacial score (nSPS) is 24.4. The summed E-state index contributed by atoms with van der Waals surface area (Å²) in [7, 11) is 0. The number of hydrogen-bond acceptors (Lipinski definition) is 1. The van der Waals surface area contributed by atoms with Crippen LogP contribution in [0.5, 0.6) is 0 Å². The Balaban J connectivity index is 1.67. The van der Waals surface area contributed by atoms with E-state index in [2.05, 4.69) is 23.5 Å². The molecule has 1 N–H and O–H groups in total. The number of benzene rings is 1. The van der Waals surface area contributed by atoms with E-state index in [0.717, 1.165) is 5.92 Å². The lowest BCUT2D eigenvalue weighted by molar-refractivity contribution is 0.470. The molecule has 1 saturated heterocycles. The van der Waals surface area contributed by atoms with Gasteiger partial charge in [-0.25, -0.2) is 0 Å². The maximum absolute atomic E-state index is 3.50. The largest absolute Gasteiger partial charge is 0.317 e. The molecule has 1 aliphatic carbocycles. The van der Waals surface area contributed by atoms with Crippen LogP contribution in [0.4, 0.5) is 0 Å². The van der Waals surface area contributed by atoms with Crippen molar-refractivity contribution >= 4 is 0 Å². The van der Waals surface area contributed by atoms with Crippen LogP contribution in [0.3, 0.4) is 0 Å². The minimum absolute atomic E-state index is 0.907. The van der Waals surface area contributed by atoms with Gasteiger partial charge in [-0.1, -0.05) is 18.2 Å². The van der Waals surface area contributed by atoms with Crippen LogP contribution in [0.1, 0.15) is 42.4 Å². The molecule has 0 bridgehead atoms. The van der Waals surface area contributed by atoms with E-state index in [1.54, 1.807) is 16.7 Å². The minimum atomic E-state index is 0.907. The molecule has 0 spiro atoms. The second-order valence-electron chi connectivity index (χ2n) is 5.71. The molecule has 2 aliphatic rings. The molecule has 0 amide bonds. The summed E-state index contributed by atoms with van der Waals surface area (Å²) in [6.45, 7) is 2.44. The molecule has 1 unspecified atom stereocenters. The van der Waals surface area contributed by atoms with Crippen molar-refractivity contribution < 1.29 is 0 Å². The third-order valence-corrected chi connectivity index (χ3v) is 4.38. The Morgan fingerprint density at radius 2 is 1.94 bits per heavy atom. The monoisotopic (exact) mass is 229 g/mol. The molecule has 1 atom stereocenters. The van der Waals surface area contributed by atoms with Crippen LogP contribution in [0.25, 0.3) is 0 Å². The third-order valence-electron chi connectivity index (χ3n) is 4.38. The van der Waals surface area contributed by atoms with E-state index < -0.39 is 0 Å². The molecule has 0 radical (unpaired) electrons. The highest BCUT2D eigenvalue weighted by atomic mass is 14.8. The van der Waals surface area contributed by atoms with Crippen LogP contribution in [0.2, 0.25) is 0 Å². The van der Waals surface area contributed by atoms with Crippen LogP contribution in [0, 0.1) is 5.92 Å². The maximum atomic E-state index is 3.50. The fraction of sp³-hybridized carbons (Fsp3) is 0.625. The lowest BCUT2D eigenvalue weighted by Gasteiger charge is -2.14. The number of rotatable bonds is 2. The maximum Gasteiger partial charge on any atom is -0.00462 e. The SMILES string of the molecule is c1cc2c(cc1CC1CCCNCC1)CCC2. The molecule has 1 heterocycles. The van der Waals surface area contributed by atoms with Gasteiger partial charge < -0.3 is 5.32 Å². The van der Waals surface area contributed by atoms with Gasteiger partial charge in [0, 0.05) is 0 Å². The Morgan fingerprint density at radius 3 is 2.94 bits per heavy atom. The van der Waals surface area contributed by atoms with Gasteiger partial charge in [-0.15, -0.1) is 0 Å². The van der Waals surface area contributed by atoms with Crippen LogP contribution in [0.15, 0.2) is 18.2 Å². The summed E-state index contributed by atoms with van der Waals surface area (Å²) in [6.07, 6.45) is 9.41. The van der Waals surface area contributed by atoms with E-state index in [1.807, 2.05) is 0 Å². The zero-order valence-corrected chi connectivity index (χ0v) is 10.7. The molecule has 1 aromatic rings. The highest BCUT2D eigenvalue weighted by molar-refractivity contribution is 5.35. The van der Waals surface area contributed by atoms with E-state index in [1.165, 1.54) is 58.0 Å². The number of nitrogens with one attached hydrogen (secondary N) is 1. The van der Waals surface area contributed by atoms with Gasteiger partial charge in [-0.3, -0.25) is 0 Å². The Labute approximate surface area is 105 Å². The first-order valence-electron chi connectivity index (χ1n) is 7.23. The smallest absolute Gasteiger partial charge is 0.00462 e. The number of fused-ring (bicyclic) bond motifs is 1. The van der Waals surface area contributed by atoms with Crippen molar-refractivity contribution in [1.82, 2.24) is 5.32 Å². The van der Waals surface area contributed by atoms with Crippen molar-refractivity contribution in [3.8, 4) is 0 Å². The fourth-order valence-corrected chi connectivity index (χ4v) is 3.38. The van der Waals surface area contributed by atoms with Crippen LogP contribution in [-0.4, -0.2) is 13.1 Å². The molecule has 1 heteroatoms. The molecular weight excluding hydrogens is 206 g/mol. The topological polar surface area (TPSA) is 12.0 Å².